The minimum atomic E-state index is -1.46. The van der Waals surface area contributed by atoms with E-state index in [-0.39, 0.29) is 5.56 Å². The van der Waals surface area contributed by atoms with Crippen molar-refractivity contribution in [2.24, 2.45) is 5.73 Å². The van der Waals surface area contributed by atoms with Crippen molar-refractivity contribution in [1.82, 2.24) is 10.2 Å². The zero-order valence-corrected chi connectivity index (χ0v) is 9.83. The number of nitrogens with zero attached hydrogens (tertiary/aromatic N) is 1. The molecule has 0 aliphatic carbocycles. The van der Waals surface area contributed by atoms with E-state index in [1.807, 2.05) is 0 Å². The lowest BCUT2D eigenvalue weighted by atomic mass is 10.1. The van der Waals surface area contributed by atoms with Gasteiger partial charge in [0.15, 0.2) is 0 Å². The van der Waals surface area contributed by atoms with Gasteiger partial charge < -0.3 is 5.73 Å². The largest absolute Gasteiger partial charge is 0.402 e. The van der Waals surface area contributed by atoms with Crippen molar-refractivity contribution in [2.75, 3.05) is 0 Å². The van der Waals surface area contributed by atoms with Crippen molar-refractivity contribution in [1.29, 1.82) is 0 Å². The van der Waals surface area contributed by atoms with Crippen LogP contribution in [0.4, 0.5) is 4.39 Å². The number of rotatable bonds is 2. The number of H-pyrrole nitrogens is 1. The molecule has 0 bridgehead atoms. The van der Waals surface area contributed by atoms with Gasteiger partial charge in [-0.05, 0) is 19.1 Å². The summed E-state index contributed by atoms with van der Waals surface area (Å²) in [6, 6.07) is 4.60. The molecule has 4 nitrogen and oxygen atoms in total. The Bertz CT molecular complexity index is 697. The molecule has 0 fully saturated rings. The Hall–Kier alpha value is -2.43. The highest BCUT2D eigenvalue weighted by Gasteiger charge is 2.08. The van der Waals surface area contributed by atoms with Crippen molar-refractivity contribution in [3.8, 4) is 11.3 Å². The summed E-state index contributed by atoms with van der Waals surface area (Å²) in [6.07, 6.45) is 0. The van der Waals surface area contributed by atoms with Gasteiger partial charge in [0, 0.05) is 16.5 Å². The van der Waals surface area contributed by atoms with E-state index in [2.05, 4.69) is 16.8 Å². The Morgan fingerprint density at radius 2 is 2.00 bits per heavy atom. The van der Waals surface area contributed by atoms with Gasteiger partial charge in [0.25, 0.3) is 0 Å². The topological polar surface area (TPSA) is 71.8 Å². The Kier molecular flexibility index (Phi) is 2.97. The number of carbonyl (C=O) groups is 1. The summed E-state index contributed by atoms with van der Waals surface area (Å²) in [4.78, 5) is 10.5. The molecule has 0 unspecified atom stereocenters. The van der Waals surface area contributed by atoms with E-state index in [0.29, 0.717) is 16.7 Å². The van der Waals surface area contributed by atoms with Crippen LogP contribution in [0.1, 0.15) is 17.3 Å². The van der Waals surface area contributed by atoms with Gasteiger partial charge in [-0.2, -0.15) is 9.49 Å². The van der Waals surface area contributed by atoms with Crippen molar-refractivity contribution in [3.05, 3.63) is 40.4 Å². The van der Waals surface area contributed by atoms with Gasteiger partial charge in [-0.3, -0.25) is 9.89 Å². The van der Waals surface area contributed by atoms with Gasteiger partial charge in [0.2, 0.25) is 0 Å². The fourth-order valence-electron chi connectivity index (χ4n) is 1.77. The fraction of sp³-hybridized carbons (Fsp3) is 0.0769. The number of nitrogens with two attached hydrogens (primary N) is 1. The van der Waals surface area contributed by atoms with E-state index in [1.54, 1.807) is 19.1 Å². The van der Waals surface area contributed by atoms with Crippen molar-refractivity contribution in [3.63, 3.8) is 0 Å². The van der Waals surface area contributed by atoms with Crippen LogP contribution in [0.3, 0.4) is 0 Å². The zero-order valence-electron chi connectivity index (χ0n) is 9.83. The number of hydrogen-bond donors (Lipinski definition) is 2. The molecular weight excluding hydrogens is 233 g/mol. The predicted molar refractivity (Wildman–Crippen MR) is 67.5 cm³/mol. The van der Waals surface area contributed by atoms with E-state index < -0.39 is 6.04 Å². The third kappa shape index (κ3) is 2.02. The number of nitrogens with one attached hydrogen (secondary N) is 1. The van der Waals surface area contributed by atoms with Crippen LogP contribution in [0.5, 0.6) is 0 Å². The van der Waals surface area contributed by atoms with Crippen molar-refractivity contribution >= 4 is 18.3 Å². The summed E-state index contributed by atoms with van der Waals surface area (Å²) in [5, 5.41) is 8.22. The molecule has 0 saturated carbocycles. The van der Waals surface area contributed by atoms with E-state index in [4.69, 9.17) is 5.73 Å². The van der Waals surface area contributed by atoms with Crippen LogP contribution in [0.25, 0.3) is 23.5 Å². The normalized spacial score (nSPS) is 12.3. The van der Waals surface area contributed by atoms with Crippen molar-refractivity contribution in [2.45, 2.75) is 6.92 Å². The maximum absolute atomic E-state index is 12.5. The molecule has 0 atom stereocenters. The highest BCUT2D eigenvalue weighted by Crippen LogP contribution is 2.14. The molecule has 92 valence electrons. The highest BCUT2D eigenvalue weighted by atomic mass is 19.1. The third-order valence-electron chi connectivity index (χ3n) is 2.62. The first-order valence-corrected chi connectivity index (χ1v) is 5.30. The van der Waals surface area contributed by atoms with Gasteiger partial charge in [-0.15, -0.1) is 0 Å². The first-order chi connectivity index (χ1) is 8.50. The molecule has 0 aliphatic heterocycles. The summed E-state index contributed by atoms with van der Waals surface area (Å²) in [5.74, 6) is 0. The predicted octanol–water partition coefficient (Wildman–Crippen LogP) is 0.683. The monoisotopic (exact) mass is 245 g/mol. The number of carbonyl (C=O) groups excluding carboxylic acids is 1. The van der Waals surface area contributed by atoms with Gasteiger partial charge in [-0.1, -0.05) is 18.7 Å². The first kappa shape index (κ1) is 12.0. The van der Waals surface area contributed by atoms with Gasteiger partial charge >= 0.3 is 6.04 Å². The van der Waals surface area contributed by atoms with Gasteiger partial charge in [0.1, 0.15) is 5.69 Å². The average molecular weight is 245 g/mol. The number of halogens is 1. The lowest BCUT2D eigenvalue weighted by Gasteiger charge is -1.99. The number of aromatic nitrogens is 2. The Balaban J connectivity index is 2.61. The Labute approximate surface area is 103 Å². The molecular formula is C13H12FN3O. The molecule has 0 saturated heterocycles. The van der Waals surface area contributed by atoms with E-state index in [0.717, 1.165) is 10.8 Å². The van der Waals surface area contributed by atoms with E-state index >= 15 is 0 Å². The molecule has 2 rings (SSSR count). The summed E-state index contributed by atoms with van der Waals surface area (Å²) >= 11 is 0. The van der Waals surface area contributed by atoms with Crippen LogP contribution in [0.2, 0.25) is 0 Å². The molecule has 1 heterocycles. The van der Waals surface area contributed by atoms with Crippen LogP contribution in [-0.4, -0.2) is 16.2 Å². The van der Waals surface area contributed by atoms with Crippen LogP contribution in [-0.2, 0) is 0 Å². The molecule has 18 heavy (non-hydrogen) atoms. The third-order valence-corrected chi connectivity index (χ3v) is 2.62. The smallest absolute Gasteiger partial charge is 0.332 e. The van der Waals surface area contributed by atoms with Gasteiger partial charge in [0.05, 0.1) is 10.9 Å². The first-order valence-electron chi connectivity index (χ1n) is 5.30. The Morgan fingerprint density at radius 3 is 2.50 bits per heavy atom. The molecule has 1 aromatic heterocycles. The van der Waals surface area contributed by atoms with Gasteiger partial charge in [-0.25, -0.2) is 0 Å². The maximum atomic E-state index is 12.5. The molecule has 0 radical (unpaired) electrons. The second-order valence-corrected chi connectivity index (χ2v) is 3.96. The number of benzene rings is 1. The standard InChI is InChI=1S/C13H12FN3O/c1-7(15)11-8(2)16-17-12(11)9-3-5-10(6-4-9)13(14)18/h3-6,16H,2,15H2,1H3/b11-7-. The minimum Gasteiger partial charge on any atom is -0.402 e. The molecule has 0 amide bonds. The average Bonchev–Trinajstić information content (AvgIpc) is 2.71. The fourth-order valence-corrected chi connectivity index (χ4v) is 1.77. The number of aromatic amines is 1. The number of hydrogen-bond acceptors (Lipinski definition) is 3. The maximum Gasteiger partial charge on any atom is 0.332 e. The summed E-state index contributed by atoms with van der Waals surface area (Å²) in [7, 11) is 0. The second-order valence-electron chi connectivity index (χ2n) is 3.96. The van der Waals surface area contributed by atoms with E-state index in [9.17, 15) is 9.18 Å². The molecule has 5 heteroatoms. The van der Waals surface area contributed by atoms with Crippen LogP contribution in [0.15, 0.2) is 24.3 Å². The summed E-state index contributed by atoms with van der Waals surface area (Å²) in [6.45, 7) is 5.55. The molecule has 3 N–H and O–H groups in total. The molecule has 0 aliphatic rings. The van der Waals surface area contributed by atoms with Crippen LogP contribution < -0.4 is 16.3 Å². The quantitative estimate of drug-likeness (QED) is 0.764. The van der Waals surface area contributed by atoms with Crippen LogP contribution >= 0.6 is 0 Å². The highest BCUT2D eigenvalue weighted by molar-refractivity contribution is 5.89. The Morgan fingerprint density at radius 1 is 1.39 bits per heavy atom. The lowest BCUT2D eigenvalue weighted by Crippen LogP contribution is -2.27. The minimum absolute atomic E-state index is 0.0131. The SMILES string of the molecule is C=c1[nH]nc(-c2ccc(C(=O)F)cc2)/c1=C(/C)N. The zero-order chi connectivity index (χ0) is 13.3. The second kappa shape index (κ2) is 4.44. The van der Waals surface area contributed by atoms with Crippen molar-refractivity contribution < 1.29 is 9.18 Å². The van der Waals surface area contributed by atoms with Crippen LogP contribution in [0, 0.1) is 0 Å². The molecule has 2 aromatic rings. The molecule has 1 aromatic carbocycles. The lowest BCUT2D eigenvalue weighted by molar-refractivity contribution is 0.0836. The summed E-state index contributed by atoms with van der Waals surface area (Å²) < 4.78 is 12.5. The summed E-state index contributed by atoms with van der Waals surface area (Å²) in [5.41, 5.74) is 7.76. The molecule has 0 spiro atoms. The van der Waals surface area contributed by atoms with E-state index in [1.165, 1.54) is 12.1 Å².